The molecule has 0 spiro atoms. The molecule has 1 saturated heterocycles. The highest BCUT2D eigenvalue weighted by molar-refractivity contribution is 5.85. The van der Waals surface area contributed by atoms with E-state index in [0.717, 1.165) is 32.1 Å². The van der Waals surface area contributed by atoms with Gasteiger partial charge in [0.1, 0.15) is 0 Å². The molecule has 1 aliphatic heterocycles. The quantitative estimate of drug-likeness (QED) is 0.908. The van der Waals surface area contributed by atoms with E-state index in [2.05, 4.69) is 5.32 Å². The lowest BCUT2D eigenvalue weighted by Crippen LogP contribution is -2.35. The average molecular weight is 317 g/mol. The summed E-state index contributed by atoms with van der Waals surface area (Å²) < 4.78 is 27.0. The molecule has 1 amide bonds. The van der Waals surface area contributed by atoms with E-state index in [-0.39, 0.29) is 30.2 Å². The van der Waals surface area contributed by atoms with Crippen molar-refractivity contribution in [3.8, 4) is 0 Å². The Bertz CT molecular complexity index is 518. The van der Waals surface area contributed by atoms with Crippen molar-refractivity contribution in [3.05, 3.63) is 35.4 Å². The Balaban J connectivity index is 0.00000161. The maximum Gasteiger partial charge on any atom is 0.226 e. The monoisotopic (exact) mass is 316 g/mol. The minimum absolute atomic E-state index is 0. The third-order valence-electron chi connectivity index (χ3n) is 4.14. The summed E-state index contributed by atoms with van der Waals surface area (Å²) in [6.07, 6.45) is 1.57. The summed E-state index contributed by atoms with van der Waals surface area (Å²) in [4.78, 5) is 14.2. The van der Waals surface area contributed by atoms with Gasteiger partial charge in [0.05, 0.1) is 0 Å². The van der Waals surface area contributed by atoms with Crippen molar-refractivity contribution in [3.63, 3.8) is 0 Å². The molecule has 1 heterocycles. The topological polar surface area (TPSA) is 32.3 Å². The number of hydrogen-bond acceptors (Lipinski definition) is 2. The molecule has 0 radical (unpaired) electrons. The van der Waals surface area contributed by atoms with Crippen LogP contribution in [0.4, 0.5) is 8.78 Å². The Morgan fingerprint density at radius 2 is 2.05 bits per heavy atom. The molecular formula is C15H19ClF2N2O. The summed E-state index contributed by atoms with van der Waals surface area (Å²) in [6.45, 7) is 3.18. The maximum atomic E-state index is 13.7. The van der Waals surface area contributed by atoms with Gasteiger partial charge >= 0.3 is 0 Å². The van der Waals surface area contributed by atoms with Crippen LogP contribution in [0.25, 0.3) is 0 Å². The second-order valence-electron chi connectivity index (χ2n) is 5.52. The lowest BCUT2D eigenvalue weighted by Gasteiger charge is -2.20. The van der Waals surface area contributed by atoms with E-state index in [9.17, 15) is 13.6 Å². The molecule has 116 valence electrons. The van der Waals surface area contributed by atoms with Crippen molar-refractivity contribution >= 4 is 18.3 Å². The van der Waals surface area contributed by atoms with E-state index in [1.807, 2.05) is 4.90 Å². The molecule has 1 N–H and O–H groups in total. The van der Waals surface area contributed by atoms with Crippen molar-refractivity contribution in [2.75, 3.05) is 26.2 Å². The second-order valence-corrected chi connectivity index (χ2v) is 5.52. The van der Waals surface area contributed by atoms with Crippen molar-refractivity contribution in [1.82, 2.24) is 10.2 Å². The lowest BCUT2D eigenvalue weighted by atomic mass is 10.1. The molecule has 2 aliphatic rings. The first-order valence-corrected chi connectivity index (χ1v) is 7.12. The first-order chi connectivity index (χ1) is 9.68. The highest BCUT2D eigenvalue weighted by atomic mass is 35.5. The summed E-state index contributed by atoms with van der Waals surface area (Å²) in [5, 5.41) is 3.25. The number of amides is 1. The first kappa shape index (κ1) is 16.2. The molecule has 1 aromatic rings. The van der Waals surface area contributed by atoms with E-state index in [0.29, 0.717) is 18.5 Å². The molecule has 3 nitrogen and oxygen atoms in total. The Morgan fingerprint density at radius 3 is 2.86 bits per heavy atom. The average Bonchev–Trinajstić information content (AvgIpc) is 3.24. The molecule has 1 aliphatic carbocycles. The van der Waals surface area contributed by atoms with E-state index >= 15 is 0 Å². The Kier molecular flexibility index (Phi) is 5.17. The van der Waals surface area contributed by atoms with Crippen LogP contribution in [0, 0.1) is 17.6 Å². The fourth-order valence-corrected chi connectivity index (χ4v) is 2.92. The van der Waals surface area contributed by atoms with Crippen molar-refractivity contribution in [2.45, 2.75) is 18.8 Å². The van der Waals surface area contributed by atoms with Gasteiger partial charge in [0, 0.05) is 25.6 Å². The molecule has 1 saturated carbocycles. The Labute approximate surface area is 129 Å². The third kappa shape index (κ3) is 3.35. The molecule has 1 aromatic carbocycles. The van der Waals surface area contributed by atoms with E-state index < -0.39 is 11.6 Å². The smallest absolute Gasteiger partial charge is 0.226 e. The maximum absolute atomic E-state index is 13.7. The zero-order valence-electron chi connectivity index (χ0n) is 11.6. The van der Waals surface area contributed by atoms with Gasteiger partial charge in [-0.05, 0) is 36.9 Å². The zero-order chi connectivity index (χ0) is 14.1. The number of benzene rings is 1. The minimum Gasteiger partial charge on any atom is -0.341 e. The van der Waals surface area contributed by atoms with Gasteiger partial charge in [-0.2, -0.15) is 0 Å². The van der Waals surface area contributed by atoms with Gasteiger partial charge in [-0.1, -0.05) is 12.1 Å². The summed E-state index contributed by atoms with van der Waals surface area (Å²) >= 11 is 0. The summed E-state index contributed by atoms with van der Waals surface area (Å²) in [5.41, 5.74) is 0.344. The van der Waals surface area contributed by atoms with Crippen LogP contribution in [0.1, 0.15) is 24.3 Å². The lowest BCUT2D eigenvalue weighted by molar-refractivity contribution is -0.132. The summed E-state index contributed by atoms with van der Waals surface area (Å²) in [6, 6.07) is 4.20. The van der Waals surface area contributed by atoms with Gasteiger partial charge in [0.25, 0.3) is 0 Å². The number of nitrogens with zero attached hydrogens (tertiary/aromatic N) is 1. The van der Waals surface area contributed by atoms with Crippen LogP contribution >= 0.6 is 12.4 Å². The summed E-state index contributed by atoms with van der Waals surface area (Å²) in [7, 11) is 0. The predicted octanol–water partition coefficient (Wildman–Crippen LogP) is 2.31. The largest absolute Gasteiger partial charge is 0.341 e. The van der Waals surface area contributed by atoms with Gasteiger partial charge in [-0.25, -0.2) is 8.78 Å². The van der Waals surface area contributed by atoms with E-state index in [1.165, 1.54) is 6.07 Å². The highest BCUT2D eigenvalue weighted by Crippen LogP contribution is 2.49. The minimum atomic E-state index is -0.834. The van der Waals surface area contributed by atoms with Crippen LogP contribution < -0.4 is 5.32 Å². The van der Waals surface area contributed by atoms with Crippen LogP contribution in [0.2, 0.25) is 0 Å². The highest BCUT2D eigenvalue weighted by Gasteiger charge is 2.47. The molecule has 6 heteroatoms. The van der Waals surface area contributed by atoms with Crippen LogP contribution in [0.15, 0.2) is 18.2 Å². The fraction of sp³-hybridized carbons (Fsp3) is 0.533. The normalized spacial score (nSPS) is 25.0. The molecular weight excluding hydrogens is 298 g/mol. The molecule has 2 unspecified atom stereocenters. The van der Waals surface area contributed by atoms with E-state index in [1.54, 1.807) is 6.07 Å². The SMILES string of the molecule is Cl.O=C(C1CC1c1cccc(F)c1F)N1CCCNCC1. The number of rotatable bonds is 2. The molecule has 2 atom stereocenters. The molecule has 0 bridgehead atoms. The molecule has 21 heavy (non-hydrogen) atoms. The number of carbonyl (C=O) groups excluding carboxylic acids is 1. The van der Waals surface area contributed by atoms with Crippen molar-refractivity contribution < 1.29 is 13.6 Å². The van der Waals surface area contributed by atoms with E-state index in [4.69, 9.17) is 0 Å². The zero-order valence-corrected chi connectivity index (χ0v) is 12.5. The Morgan fingerprint density at radius 1 is 1.24 bits per heavy atom. The second kappa shape index (κ2) is 6.71. The first-order valence-electron chi connectivity index (χ1n) is 7.12. The standard InChI is InChI=1S/C15H18F2N2O.ClH/c16-13-4-1-3-10(14(13)17)11-9-12(11)15(20)19-7-2-5-18-6-8-19;/h1,3-4,11-12,18H,2,5-9H2;1H. The number of halogens is 3. The van der Waals surface area contributed by atoms with Crippen LogP contribution in [0.3, 0.4) is 0 Å². The van der Waals surface area contributed by atoms with Crippen molar-refractivity contribution in [2.24, 2.45) is 5.92 Å². The number of nitrogens with one attached hydrogen (secondary N) is 1. The fourth-order valence-electron chi connectivity index (χ4n) is 2.92. The van der Waals surface area contributed by atoms with Gasteiger partial charge in [0.2, 0.25) is 5.91 Å². The number of hydrogen-bond donors (Lipinski definition) is 1. The molecule has 3 rings (SSSR count). The molecule has 0 aromatic heterocycles. The third-order valence-corrected chi connectivity index (χ3v) is 4.14. The Hall–Kier alpha value is -1.20. The van der Waals surface area contributed by atoms with Crippen LogP contribution in [-0.2, 0) is 4.79 Å². The van der Waals surface area contributed by atoms with Crippen LogP contribution in [-0.4, -0.2) is 37.0 Å². The molecule has 2 fully saturated rings. The van der Waals surface area contributed by atoms with Gasteiger partial charge in [-0.3, -0.25) is 4.79 Å². The van der Waals surface area contributed by atoms with Crippen molar-refractivity contribution in [1.29, 1.82) is 0 Å². The van der Waals surface area contributed by atoms with Gasteiger partial charge in [0.15, 0.2) is 11.6 Å². The predicted molar refractivity (Wildman–Crippen MR) is 78.5 cm³/mol. The number of carbonyl (C=O) groups is 1. The summed E-state index contributed by atoms with van der Waals surface area (Å²) in [5.74, 6) is -1.88. The van der Waals surface area contributed by atoms with Crippen LogP contribution in [0.5, 0.6) is 0 Å². The van der Waals surface area contributed by atoms with Gasteiger partial charge in [-0.15, -0.1) is 12.4 Å². The van der Waals surface area contributed by atoms with Gasteiger partial charge < -0.3 is 10.2 Å².